The van der Waals surface area contributed by atoms with E-state index < -0.39 is 6.10 Å². The van der Waals surface area contributed by atoms with E-state index in [1.165, 1.54) is 128 Å². The van der Waals surface area contributed by atoms with Crippen molar-refractivity contribution in [2.45, 2.75) is 284 Å². The summed E-state index contributed by atoms with van der Waals surface area (Å²) in [6.07, 6.45) is 74.4. The molecule has 0 N–H and O–H groups in total. The maximum absolute atomic E-state index is 12.8. The Kier molecular flexibility index (Phi) is 54.3. The van der Waals surface area contributed by atoms with Crippen molar-refractivity contribution in [3.63, 3.8) is 0 Å². The van der Waals surface area contributed by atoms with Gasteiger partial charge in [-0.1, -0.05) is 254 Å². The lowest BCUT2D eigenvalue weighted by Crippen LogP contribution is -2.30. The summed E-state index contributed by atoms with van der Waals surface area (Å²) in [4.78, 5) is 38.1. The smallest absolute Gasteiger partial charge is 0.306 e. The molecule has 0 aliphatic rings. The van der Waals surface area contributed by atoms with Crippen molar-refractivity contribution < 1.29 is 28.6 Å². The number of hydrogen-bond acceptors (Lipinski definition) is 6. The molecule has 0 amide bonds. The maximum Gasteiger partial charge on any atom is 0.306 e. The van der Waals surface area contributed by atoms with Crippen LogP contribution in [-0.4, -0.2) is 37.2 Å². The summed E-state index contributed by atoms with van der Waals surface area (Å²) in [7, 11) is 0. The minimum atomic E-state index is -0.807. The number of hydrogen-bond donors (Lipinski definition) is 0. The van der Waals surface area contributed by atoms with Gasteiger partial charge in [0.05, 0.1) is 0 Å². The zero-order valence-electron chi connectivity index (χ0n) is 45.3. The average molecular weight is 962 g/mol. The molecule has 69 heavy (non-hydrogen) atoms. The highest BCUT2D eigenvalue weighted by Crippen LogP contribution is 2.16. The molecule has 6 nitrogen and oxygen atoms in total. The van der Waals surface area contributed by atoms with Crippen LogP contribution in [0.4, 0.5) is 0 Å². The Balaban J connectivity index is 4.45. The molecule has 0 aliphatic heterocycles. The molecule has 0 aromatic heterocycles. The fourth-order valence-corrected chi connectivity index (χ4v) is 8.04. The van der Waals surface area contributed by atoms with E-state index in [9.17, 15) is 14.4 Å². The number of ether oxygens (including phenoxy) is 3. The molecule has 0 fully saturated rings. The summed E-state index contributed by atoms with van der Waals surface area (Å²) in [6, 6.07) is 0. The molecule has 0 unspecified atom stereocenters. The summed E-state index contributed by atoms with van der Waals surface area (Å²) in [6.45, 7) is 6.46. The predicted octanol–water partition coefficient (Wildman–Crippen LogP) is 19.5. The topological polar surface area (TPSA) is 78.9 Å². The monoisotopic (exact) mass is 961 g/mol. The van der Waals surface area contributed by atoms with Crippen molar-refractivity contribution in [1.82, 2.24) is 0 Å². The maximum atomic E-state index is 12.8. The Morgan fingerprint density at radius 3 is 0.971 bits per heavy atom. The second kappa shape index (κ2) is 57.2. The number of rotatable bonds is 52. The standard InChI is InChI=1S/C63H108O6/c1-4-7-10-13-16-19-22-25-28-30-31-33-36-38-41-44-47-50-53-56-62(65)68-59-60(69-63(66)57-54-51-48-45-42-39-34-27-24-21-18-15-12-9-6-3)58-67-61(64)55-52-49-46-43-40-37-35-32-29-26-23-20-17-14-11-8-5-2/h9,12,17-18,20-21,26-27,29,34-35,37,43,46,60H,4-8,10-11,13-16,19,22-25,28,30-33,36,38-42,44-45,47-59H2,1-3H3/b12-9-,20-17-,21-18-,29-26-,34-27-,37-35-,46-43-/t60-/m1/s1. The van der Waals surface area contributed by atoms with Crippen LogP contribution in [0.25, 0.3) is 0 Å². The lowest BCUT2D eigenvalue weighted by Gasteiger charge is -2.18. The molecule has 0 aromatic carbocycles. The van der Waals surface area contributed by atoms with Crippen LogP contribution in [0.1, 0.15) is 278 Å². The van der Waals surface area contributed by atoms with Gasteiger partial charge in [0.1, 0.15) is 13.2 Å². The highest BCUT2D eigenvalue weighted by Gasteiger charge is 2.19. The molecule has 0 bridgehead atoms. The molecule has 0 saturated heterocycles. The molecular weight excluding hydrogens is 853 g/mol. The van der Waals surface area contributed by atoms with Gasteiger partial charge in [0.2, 0.25) is 0 Å². The molecule has 6 heteroatoms. The minimum absolute atomic E-state index is 0.0988. The zero-order chi connectivity index (χ0) is 50.0. The normalized spacial score (nSPS) is 12.7. The third-order valence-electron chi connectivity index (χ3n) is 12.4. The lowest BCUT2D eigenvalue weighted by molar-refractivity contribution is -0.167. The van der Waals surface area contributed by atoms with E-state index in [0.29, 0.717) is 19.3 Å². The lowest BCUT2D eigenvalue weighted by atomic mass is 10.0. The Morgan fingerprint density at radius 2 is 0.580 bits per heavy atom. The average Bonchev–Trinajstić information content (AvgIpc) is 3.35. The van der Waals surface area contributed by atoms with Crippen LogP contribution in [0.5, 0.6) is 0 Å². The number of unbranched alkanes of at least 4 members (excludes halogenated alkanes) is 27. The Morgan fingerprint density at radius 1 is 0.304 bits per heavy atom. The van der Waals surface area contributed by atoms with Gasteiger partial charge in [-0.3, -0.25) is 14.4 Å². The fourth-order valence-electron chi connectivity index (χ4n) is 8.04. The van der Waals surface area contributed by atoms with E-state index in [1.807, 2.05) is 0 Å². The first kappa shape index (κ1) is 65.6. The molecule has 0 saturated carbocycles. The van der Waals surface area contributed by atoms with Crippen LogP contribution in [0.2, 0.25) is 0 Å². The van der Waals surface area contributed by atoms with E-state index in [1.54, 1.807) is 0 Å². The van der Waals surface area contributed by atoms with Gasteiger partial charge in [0, 0.05) is 19.3 Å². The van der Waals surface area contributed by atoms with Crippen LogP contribution >= 0.6 is 0 Å². The third kappa shape index (κ3) is 55.4. The third-order valence-corrected chi connectivity index (χ3v) is 12.4. The van der Waals surface area contributed by atoms with Gasteiger partial charge >= 0.3 is 17.9 Å². The summed E-state index contributed by atoms with van der Waals surface area (Å²) < 4.78 is 16.8. The van der Waals surface area contributed by atoms with Gasteiger partial charge < -0.3 is 14.2 Å². The van der Waals surface area contributed by atoms with Crippen molar-refractivity contribution in [3.8, 4) is 0 Å². The Labute approximate surface area is 426 Å². The molecule has 0 rings (SSSR count). The molecule has 0 aliphatic carbocycles. The summed E-state index contributed by atoms with van der Waals surface area (Å²) in [5.41, 5.74) is 0. The van der Waals surface area contributed by atoms with Crippen molar-refractivity contribution in [1.29, 1.82) is 0 Å². The highest BCUT2D eigenvalue weighted by atomic mass is 16.6. The first-order valence-corrected chi connectivity index (χ1v) is 29.1. The van der Waals surface area contributed by atoms with E-state index >= 15 is 0 Å². The summed E-state index contributed by atoms with van der Waals surface area (Å²) in [5, 5.41) is 0. The highest BCUT2D eigenvalue weighted by molar-refractivity contribution is 5.71. The second-order valence-electron chi connectivity index (χ2n) is 19.2. The van der Waals surface area contributed by atoms with Gasteiger partial charge in [-0.25, -0.2) is 0 Å². The van der Waals surface area contributed by atoms with Crippen LogP contribution < -0.4 is 0 Å². The van der Waals surface area contributed by atoms with Gasteiger partial charge in [-0.05, 0) is 89.9 Å². The summed E-state index contributed by atoms with van der Waals surface area (Å²) >= 11 is 0. The minimum Gasteiger partial charge on any atom is -0.462 e. The van der Waals surface area contributed by atoms with Crippen molar-refractivity contribution in [3.05, 3.63) is 85.1 Å². The van der Waals surface area contributed by atoms with E-state index in [0.717, 1.165) is 103 Å². The van der Waals surface area contributed by atoms with Gasteiger partial charge in [-0.15, -0.1) is 0 Å². The van der Waals surface area contributed by atoms with Gasteiger partial charge in [0.25, 0.3) is 0 Å². The van der Waals surface area contributed by atoms with Crippen LogP contribution in [0.15, 0.2) is 85.1 Å². The zero-order valence-corrected chi connectivity index (χ0v) is 45.3. The molecule has 0 spiro atoms. The number of allylic oxidation sites excluding steroid dienone is 14. The largest absolute Gasteiger partial charge is 0.462 e. The molecule has 396 valence electrons. The van der Waals surface area contributed by atoms with E-state index in [2.05, 4.69) is 106 Å². The molecular formula is C63H108O6. The second-order valence-corrected chi connectivity index (χ2v) is 19.2. The first-order valence-electron chi connectivity index (χ1n) is 29.1. The van der Waals surface area contributed by atoms with Crippen molar-refractivity contribution in [2.24, 2.45) is 0 Å². The Bertz CT molecular complexity index is 1330. The molecule has 1 atom stereocenters. The van der Waals surface area contributed by atoms with Crippen LogP contribution in [0.3, 0.4) is 0 Å². The fraction of sp³-hybridized carbons (Fsp3) is 0.730. The van der Waals surface area contributed by atoms with Crippen molar-refractivity contribution >= 4 is 17.9 Å². The first-order chi connectivity index (χ1) is 34.0. The van der Waals surface area contributed by atoms with Crippen LogP contribution in [0, 0.1) is 0 Å². The van der Waals surface area contributed by atoms with Crippen LogP contribution in [-0.2, 0) is 28.6 Å². The van der Waals surface area contributed by atoms with Gasteiger partial charge in [0.15, 0.2) is 6.10 Å². The predicted molar refractivity (Wildman–Crippen MR) is 297 cm³/mol. The number of esters is 3. The quantitative estimate of drug-likeness (QED) is 0.0262. The van der Waals surface area contributed by atoms with E-state index in [-0.39, 0.29) is 37.5 Å². The number of carbonyl (C=O) groups is 3. The molecule has 0 radical (unpaired) electrons. The number of carbonyl (C=O) groups excluding carboxylic acids is 3. The molecule has 0 aromatic rings. The molecule has 0 heterocycles. The van der Waals surface area contributed by atoms with E-state index in [4.69, 9.17) is 14.2 Å². The Hall–Kier alpha value is -3.41. The van der Waals surface area contributed by atoms with Gasteiger partial charge in [-0.2, -0.15) is 0 Å². The summed E-state index contributed by atoms with van der Waals surface area (Å²) in [5.74, 6) is -0.967. The van der Waals surface area contributed by atoms with Crippen molar-refractivity contribution in [2.75, 3.05) is 13.2 Å². The SMILES string of the molecule is CC/C=C\C/C=C\C/C=C\CCCCCCCC(=O)O[C@H](COC(=O)CCC/C=C\C/C=C\C/C=C\C/C=C\CCCCC)COC(=O)CCCCCCCCCCCCCCCCCCCCC.